The van der Waals surface area contributed by atoms with Gasteiger partial charge < -0.3 is 5.11 Å². The molecular formula is C17H23N3O2S. The third kappa shape index (κ3) is 5.03. The molecule has 0 atom stereocenters. The molecule has 0 aliphatic heterocycles. The molecule has 124 valence electrons. The van der Waals surface area contributed by atoms with Crippen LogP contribution in [0.25, 0.3) is 10.6 Å². The van der Waals surface area contributed by atoms with E-state index in [-0.39, 0.29) is 6.47 Å². The molecule has 3 rings (SSSR count). The molecule has 0 bridgehead atoms. The van der Waals surface area contributed by atoms with E-state index in [1.807, 2.05) is 11.7 Å². The van der Waals surface area contributed by atoms with Crippen LogP contribution in [0.15, 0.2) is 29.3 Å². The summed E-state index contributed by atoms with van der Waals surface area (Å²) in [5, 5.41) is 12.6. The molecule has 1 N–H and O–H groups in total. The van der Waals surface area contributed by atoms with Gasteiger partial charge in [0.25, 0.3) is 6.47 Å². The Hall–Kier alpha value is -1.95. The van der Waals surface area contributed by atoms with Crippen LogP contribution >= 0.6 is 11.3 Å². The quantitative estimate of drug-likeness (QED) is 0.857. The minimum absolute atomic E-state index is 0.250. The highest BCUT2D eigenvalue weighted by atomic mass is 32.1. The predicted octanol–water partition coefficient (Wildman–Crippen LogP) is 3.39. The van der Waals surface area contributed by atoms with Crippen LogP contribution in [-0.4, -0.2) is 27.4 Å². The van der Waals surface area contributed by atoms with Gasteiger partial charge in [0, 0.05) is 12.6 Å². The Balaban J connectivity index is 0.000000595. The second kappa shape index (κ2) is 8.62. The van der Waals surface area contributed by atoms with Crippen molar-refractivity contribution in [3.63, 3.8) is 0 Å². The number of benzene rings is 1. The van der Waals surface area contributed by atoms with E-state index in [0.29, 0.717) is 6.04 Å². The van der Waals surface area contributed by atoms with Crippen molar-refractivity contribution in [1.29, 1.82) is 0 Å². The van der Waals surface area contributed by atoms with Crippen LogP contribution < -0.4 is 4.80 Å². The van der Waals surface area contributed by atoms with E-state index in [1.54, 1.807) is 11.3 Å². The number of nitrogens with zero attached hydrogens (tertiary/aromatic N) is 3. The Bertz CT molecular complexity index is 683. The minimum atomic E-state index is -0.250. The van der Waals surface area contributed by atoms with Gasteiger partial charge in [-0.1, -0.05) is 60.4 Å². The van der Waals surface area contributed by atoms with Crippen LogP contribution in [0.2, 0.25) is 0 Å². The highest BCUT2D eigenvalue weighted by Gasteiger charge is 2.13. The molecule has 2 aromatic rings. The van der Waals surface area contributed by atoms with Gasteiger partial charge in [0.15, 0.2) is 0 Å². The molecule has 1 saturated carbocycles. The van der Waals surface area contributed by atoms with Crippen molar-refractivity contribution in [3.8, 4) is 10.6 Å². The number of rotatable bonds is 2. The summed E-state index contributed by atoms with van der Waals surface area (Å²) in [4.78, 5) is 14.3. The summed E-state index contributed by atoms with van der Waals surface area (Å²) in [6, 6.07) is 9.04. The van der Waals surface area contributed by atoms with Gasteiger partial charge in [-0.2, -0.15) is 5.10 Å². The highest BCUT2D eigenvalue weighted by Crippen LogP contribution is 2.22. The van der Waals surface area contributed by atoms with Gasteiger partial charge >= 0.3 is 0 Å². The fourth-order valence-corrected chi connectivity index (χ4v) is 3.61. The van der Waals surface area contributed by atoms with Gasteiger partial charge in [-0.3, -0.25) is 9.79 Å². The summed E-state index contributed by atoms with van der Waals surface area (Å²) in [7, 11) is 2.00. The molecule has 1 aliphatic carbocycles. The lowest BCUT2D eigenvalue weighted by Gasteiger charge is -2.16. The van der Waals surface area contributed by atoms with Crippen molar-refractivity contribution in [2.24, 2.45) is 12.0 Å². The molecule has 1 aromatic heterocycles. The summed E-state index contributed by atoms with van der Waals surface area (Å²) in [5.74, 6) is 0. The smallest absolute Gasteiger partial charge is 0.290 e. The SMILES string of the molecule is Cc1ccc(-c2nn(C)c(=NC3CCCCC3)s2)cc1.O=CO. The van der Waals surface area contributed by atoms with Gasteiger partial charge in [-0.05, 0) is 19.8 Å². The van der Waals surface area contributed by atoms with Crippen molar-refractivity contribution in [1.82, 2.24) is 9.78 Å². The second-order valence-corrected chi connectivity index (χ2v) is 6.66. The molecule has 6 heteroatoms. The van der Waals surface area contributed by atoms with E-state index in [2.05, 4.69) is 36.3 Å². The zero-order valence-electron chi connectivity index (χ0n) is 13.6. The fourth-order valence-electron chi connectivity index (χ4n) is 2.64. The molecule has 5 nitrogen and oxygen atoms in total. The first kappa shape index (κ1) is 17.4. The van der Waals surface area contributed by atoms with Crippen molar-refractivity contribution in [2.45, 2.75) is 45.1 Å². The van der Waals surface area contributed by atoms with Gasteiger partial charge in [0.2, 0.25) is 4.80 Å². The molecule has 0 spiro atoms. The summed E-state index contributed by atoms with van der Waals surface area (Å²) in [6.07, 6.45) is 6.48. The lowest BCUT2D eigenvalue weighted by Crippen LogP contribution is -2.18. The van der Waals surface area contributed by atoms with Crippen molar-refractivity contribution >= 4 is 17.8 Å². The number of hydrogen-bond acceptors (Lipinski definition) is 4. The molecule has 23 heavy (non-hydrogen) atoms. The molecule has 1 heterocycles. The summed E-state index contributed by atoms with van der Waals surface area (Å²) in [5.41, 5.74) is 2.46. The molecule has 0 radical (unpaired) electrons. The lowest BCUT2D eigenvalue weighted by molar-refractivity contribution is -0.122. The first-order chi connectivity index (χ1) is 11.1. The standard InChI is InChI=1S/C16H21N3S.CH2O2/c1-12-8-10-13(11-9-12)15-18-19(2)16(20-15)17-14-6-4-3-5-7-14;2-1-3/h8-11,14H,3-7H2,1-2H3;1H,(H,2,3). The van der Waals surface area contributed by atoms with Crippen LogP contribution in [0.3, 0.4) is 0 Å². The third-order valence-electron chi connectivity index (χ3n) is 3.87. The van der Waals surface area contributed by atoms with Crippen LogP contribution in [0.4, 0.5) is 0 Å². The number of carbonyl (C=O) groups is 1. The molecule has 1 aliphatic rings. The molecule has 1 aromatic carbocycles. The van der Waals surface area contributed by atoms with E-state index in [0.717, 1.165) is 9.81 Å². The van der Waals surface area contributed by atoms with Gasteiger partial charge in [-0.15, -0.1) is 0 Å². The number of aromatic nitrogens is 2. The van der Waals surface area contributed by atoms with Crippen LogP contribution in [0.1, 0.15) is 37.7 Å². The Labute approximate surface area is 140 Å². The summed E-state index contributed by atoms with van der Waals surface area (Å²) in [6.45, 7) is 1.86. The minimum Gasteiger partial charge on any atom is -0.483 e. The van der Waals surface area contributed by atoms with E-state index in [4.69, 9.17) is 14.9 Å². The van der Waals surface area contributed by atoms with Crippen LogP contribution in [0.5, 0.6) is 0 Å². The number of hydrogen-bond donors (Lipinski definition) is 1. The molecule has 1 fully saturated rings. The van der Waals surface area contributed by atoms with E-state index < -0.39 is 0 Å². The normalized spacial score (nSPS) is 15.8. The average Bonchev–Trinajstić information content (AvgIpc) is 2.91. The zero-order valence-corrected chi connectivity index (χ0v) is 14.4. The summed E-state index contributed by atoms with van der Waals surface area (Å²) < 4.78 is 1.93. The molecule has 0 unspecified atom stereocenters. The maximum Gasteiger partial charge on any atom is 0.290 e. The topological polar surface area (TPSA) is 67.5 Å². The first-order valence-corrected chi connectivity index (χ1v) is 8.68. The van der Waals surface area contributed by atoms with E-state index >= 15 is 0 Å². The molecule has 0 amide bonds. The molecule has 0 saturated heterocycles. The van der Waals surface area contributed by atoms with Crippen LogP contribution in [0, 0.1) is 6.92 Å². The lowest BCUT2D eigenvalue weighted by atomic mass is 9.96. The monoisotopic (exact) mass is 333 g/mol. The summed E-state index contributed by atoms with van der Waals surface area (Å²) >= 11 is 1.70. The largest absolute Gasteiger partial charge is 0.483 e. The van der Waals surface area contributed by atoms with Gasteiger partial charge in [-0.25, -0.2) is 4.68 Å². The Morgan fingerprint density at radius 2 is 1.87 bits per heavy atom. The Morgan fingerprint density at radius 1 is 1.26 bits per heavy atom. The Kier molecular flexibility index (Phi) is 6.52. The predicted molar refractivity (Wildman–Crippen MR) is 92.4 cm³/mol. The third-order valence-corrected chi connectivity index (χ3v) is 4.93. The zero-order chi connectivity index (χ0) is 16.7. The highest BCUT2D eigenvalue weighted by molar-refractivity contribution is 7.12. The first-order valence-electron chi connectivity index (χ1n) is 7.87. The fraction of sp³-hybridized carbons (Fsp3) is 0.471. The maximum atomic E-state index is 8.36. The number of aryl methyl sites for hydroxylation is 2. The van der Waals surface area contributed by atoms with Gasteiger partial charge in [0.05, 0.1) is 6.04 Å². The van der Waals surface area contributed by atoms with Crippen molar-refractivity contribution in [2.75, 3.05) is 0 Å². The van der Waals surface area contributed by atoms with E-state index in [9.17, 15) is 0 Å². The maximum absolute atomic E-state index is 8.36. The van der Waals surface area contributed by atoms with Gasteiger partial charge in [0.1, 0.15) is 5.01 Å². The van der Waals surface area contributed by atoms with Crippen molar-refractivity contribution in [3.05, 3.63) is 34.6 Å². The average molecular weight is 333 g/mol. The number of carboxylic acid groups (broad SMARTS) is 1. The second-order valence-electron chi connectivity index (χ2n) is 5.71. The molecular weight excluding hydrogens is 310 g/mol. The van der Waals surface area contributed by atoms with Crippen LogP contribution in [-0.2, 0) is 11.8 Å². The van der Waals surface area contributed by atoms with E-state index in [1.165, 1.54) is 43.2 Å². The van der Waals surface area contributed by atoms with Crippen molar-refractivity contribution < 1.29 is 9.90 Å². The Morgan fingerprint density at radius 3 is 2.48 bits per heavy atom.